The van der Waals surface area contributed by atoms with Crippen LogP contribution < -0.4 is 14.8 Å². The number of fused-ring (bicyclic) bond motifs is 2. The van der Waals surface area contributed by atoms with Gasteiger partial charge in [-0.2, -0.15) is 0 Å². The Morgan fingerprint density at radius 1 is 1.24 bits per heavy atom. The van der Waals surface area contributed by atoms with Crippen molar-refractivity contribution in [1.29, 1.82) is 0 Å². The highest BCUT2D eigenvalue weighted by atomic mass is 16.6. The number of pyridine rings is 1. The molecule has 0 aliphatic carbocycles. The van der Waals surface area contributed by atoms with E-state index in [1.54, 1.807) is 23.0 Å². The van der Waals surface area contributed by atoms with Gasteiger partial charge in [-0.1, -0.05) is 11.3 Å². The minimum atomic E-state index is -0.137. The van der Waals surface area contributed by atoms with E-state index in [2.05, 4.69) is 15.6 Å². The highest BCUT2D eigenvalue weighted by Gasteiger charge is 2.15. The van der Waals surface area contributed by atoms with Gasteiger partial charge in [0.1, 0.15) is 13.2 Å². The second-order valence-corrected chi connectivity index (χ2v) is 6.08. The van der Waals surface area contributed by atoms with Crippen molar-refractivity contribution in [2.45, 2.75) is 19.4 Å². The number of hydrogen-bond donors (Lipinski definition) is 1. The van der Waals surface area contributed by atoms with Crippen LogP contribution in [0.5, 0.6) is 11.5 Å². The molecule has 1 atom stereocenters. The number of benzene rings is 1. The van der Waals surface area contributed by atoms with Crippen LogP contribution >= 0.6 is 0 Å². The zero-order valence-corrected chi connectivity index (χ0v) is 13.8. The Bertz CT molecular complexity index is 922. The Kier molecular flexibility index (Phi) is 3.97. The first kappa shape index (κ1) is 15.4. The van der Waals surface area contributed by atoms with Gasteiger partial charge in [-0.05, 0) is 43.2 Å². The lowest BCUT2D eigenvalue weighted by atomic mass is 10.1. The highest BCUT2D eigenvalue weighted by Crippen LogP contribution is 2.31. The van der Waals surface area contributed by atoms with Crippen LogP contribution in [0.1, 0.15) is 22.8 Å². The summed E-state index contributed by atoms with van der Waals surface area (Å²) in [5.74, 6) is 1.40. The molecular weight excluding hydrogens is 320 g/mol. The van der Waals surface area contributed by atoms with Crippen molar-refractivity contribution in [2.75, 3.05) is 13.2 Å². The first-order chi connectivity index (χ1) is 12.2. The lowest BCUT2D eigenvalue weighted by Gasteiger charge is -2.20. The summed E-state index contributed by atoms with van der Waals surface area (Å²) in [6.07, 6.45) is 4.02. The van der Waals surface area contributed by atoms with Crippen LogP contribution in [-0.2, 0) is 6.42 Å². The lowest BCUT2D eigenvalue weighted by Crippen LogP contribution is -2.34. The molecular formula is C18H18N4O3. The molecule has 128 valence electrons. The number of rotatable bonds is 4. The van der Waals surface area contributed by atoms with E-state index in [-0.39, 0.29) is 11.9 Å². The van der Waals surface area contributed by atoms with Gasteiger partial charge in [0.15, 0.2) is 11.5 Å². The summed E-state index contributed by atoms with van der Waals surface area (Å²) in [7, 11) is 0. The van der Waals surface area contributed by atoms with Crippen LogP contribution in [0, 0.1) is 0 Å². The number of aromatic nitrogens is 3. The summed E-state index contributed by atoms with van der Waals surface area (Å²) in [5.41, 5.74) is 2.48. The van der Waals surface area contributed by atoms with Gasteiger partial charge >= 0.3 is 0 Å². The number of carbonyl (C=O) groups excluding carboxylic acids is 1. The molecule has 1 aromatic carbocycles. The van der Waals surface area contributed by atoms with Crippen molar-refractivity contribution < 1.29 is 14.3 Å². The van der Waals surface area contributed by atoms with E-state index in [4.69, 9.17) is 9.47 Å². The Morgan fingerprint density at radius 3 is 2.96 bits per heavy atom. The molecule has 7 heteroatoms. The summed E-state index contributed by atoms with van der Waals surface area (Å²) in [5, 5.41) is 10.7. The first-order valence-corrected chi connectivity index (χ1v) is 8.18. The van der Waals surface area contributed by atoms with Crippen molar-refractivity contribution in [2.24, 2.45) is 0 Å². The number of nitrogens with zero attached hydrogens (tertiary/aromatic N) is 3. The van der Waals surface area contributed by atoms with E-state index in [0.29, 0.717) is 25.2 Å². The van der Waals surface area contributed by atoms with Gasteiger partial charge in [0.05, 0.1) is 17.3 Å². The fraction of sp³-hybridized carbons (Fsp3) is 0.278. The number of carbonyl (C=O) groups is 1. The molecule has 2 aromatic heterocycles. The fourth-order valence-electron chi connectivity index (χ4n) is 2.88. The largest absolute Gasteiger partial charge is 0.486 e. The number of hydrogen-bond acceptors (Lipinski definition) is 5. The maximum atomic E-state index is 12.4. The minimum Gasteiger partial charge on any atom is -0.486 e. The zero-order chi connectivity index (χ0) is 17.2. The van der Waals surface area contributed by atoms with Crippen molar-refractivity contribution in [3.8, 4) is 11.5 Å². The normalized spacial score (nSPS) is 14.3. The molecule has 1 aliphatic heterocycles. The predicted octanol–water partition coefficient (Wildman–Crippen LogP) is 1.86. The quantitative estimate of drug-likeness (QED) is 0.786. The average Bonchev–Trinajstić information content (AvgIpc) is 3.09. The third-order valence-corrected chi connectivity index (χ3v) is 4.09. The second-order valence-electron chi connectivity index (χ2n) is 6.08. The molecule has 0 unspecified atom stereocenters. The maximum Gasteiger partial charge on any atom is 0.253 e. The van der Waals surface area contributed by atoms with E-state index < -0.39 is 0 Å². The summed E-state index contributed by atoms with van der Waals surface area (Å²) in [4.78, 5) is 12.4. The van der Waals surface area contributed by atoms with E-state index in [1.165, 1.54) is 0 Å². The molecule has 0 bridgehead atoms. The van der Waals surface area contributed by atoms with Crippen molar-refractivity contribution in [3.63, 3.8) is 0 Å². The molecule has 0 saturated carbocycles. The van der Waals surface area contributed by atoms with Crippen LogP contribution in [0.2, 0.25) is 0 Å². The number of amides is 1. The lowest BCUT2D eigenvalue weighted by molar-refractivity contribution is 0.0939. The Balaban J connectivity index is 1.42. The molecule has 1 amide bonds. The van der Waals surface area contributed by atoms with Crippen LogP contribution in [0.3, 0.4) is 0 Å². The molecule has 7 nitrogen and oxygen atoms in total. The molecule has 25 heavy (non-hydrogen) atoms. The topological polar surface area (TPSA) is 77.8 Å². The molecule has 0 fully saturated rings. The molecule has 1 aliphatic rings. The van der Waals surface area contributed by atoms with Crippen molar-refractivity contribution in [3.05, 3.63) is 53.9 Å². The molecule has 1 N–H and O–H groups in total. The van der Waals surface area contributed by atoms with Gasteiger partial charge in [-0.3, -0.25) is 4.79 Å². The minimum absolute atomic E-state index is 0.0264. The van der Waals surface area contributed by atoms with Crippen LogP contribution in [0.25, 0.3) is 5.52 Å². The number of ether oxygens (including phenoxy) is 2. The molecule has 3 heterocycles. The Labute approximate surface area is 144 Å². The van der Waals surface area contributed by atoms with Crippen molar-refractivity contribution >= 4 is 11.4 Å². The standard InChI is InChI=1S/C18H18N4O3/c1-12(8-13-2-5-16-17(9-13)25-7-6-24-16)20-18(23)14-3-4-15-10-19-21-22(15)11-14/h2-5,9-12H,6-8H2,1H3,(H,20,23)/t12-/m1/s1. The highest BCUT2D eigenvalue weighted by molar-refractivity contribution is 5.94. The van der Waals surface area contributed by atoms with Gasteiger partial charge in [0, 0.05) is 12.2 Å². The van der Waals surface area contributed by atoms with Gasteiger partial charge < -0.3 is 14.8 Å². The van der Waals surface area contributed by atoms with E-state index in [9.17, 15) is 4.79 Å². The monoisotopic (exact) mass is 338 g/mol. The average molecular weight is 338 g/mol. The molecule has 0 saturated heterocycles. The SMILES string of the molecule is C[C@H](Cc1ccc2c(c1)OCCO2)NC(=O)c1ccc2cnnn2c1. The summed E-state index contributed by atoms with van der Waals surface area (Å²) < 4.78 is 12.7. The zero-order valence-electron chi connectivity index (χ0n) is 13.8. The summed E-state index contributed by atoms with van der Waals surface area (Å²) in [6.45, 7) is 3.12. The van der Waals surface area contributed by atoms with E-state index in [1.807, 2.05) is 31.2 Å². The van der Waals surface area contributed by atoms with Gasteiger partial charge in [0.2, 0.25) is 0 Å². The van der Waals surface area contributed by atoms with E-state index >= 15 is 0 Å². The van der Waals surface area contributed by atoms with Gasteiger partial charge in [0.25, 0.3) is 5.91 Å². The smallest absolute Gasteiger partial charge is 0.253 e. The molecule has 0 spiro atoms. The van der Waals surface area contributed by atoms with Crippen LogP contribution in [-0.4, -0.2) is 40.0 Å². The van der Waals surface area contributed by atoms with Crippen molar-refractivity contribution in [1.82, 2.24) is 20.1 Å². The second kappa shape index (κ2) is 6.43. The van der Waals surface area contributed by atoms with Crippen LogP contribution in [0.4, 0.5) is 0 Å². The third-order valence-electron chi connectivity index (χ3n) is 4.09. The fourth-order valence-corrected chi connectivity index (χ4v) is 2.88. The predicted molar refractivity (Wildman–Crippen MR) is 91.1 cm³/mol. The summed E-state index contributed by atoms with van der Waals surface area (Å²) in [6, 6.07) is 9.44. The van der Waals surface area contributed by atoms with E-state index in [0.717, 1.165) is 22.6 Å². The Hall–Kier alpha value is -3.09. The number of nitrogens with one attached hydrogen (secondary N) is 1. The first-order valence-electron chi connectivity index (χ1n) is 8.18. The molecule has 3 aromatic rings. The van der Waals surface area contributed by atoms with Gasteiger partial charge in [-0.25, -0.2) is 4.52 Å². The summed E-state index contributed by atoms with van der Waals surface area (Å²) >= 11 is 0. The Morgan fingerprint density at radius 2 is 2.08 bits per heavy atom. The van der Waals surface area contributed by atoms with Gasteiger partial charge in [-0.15, -0.1) is 5.10 Å². The van der Waals surface area contributed by atoms with Crippen LogP contribution in [0.15, 0.2) is 42.7 Å². The maximum absolute atomic E-state index is 12.4. The molecule has 4 rings (SSSR count). The molecule has 0 radical (unpaired) electrons. The third kappa shape index (κ3) is 3.26.